The molecule has 1 aromatic rings. The molecule has 0 fully saturated rings. The molecule has 0 amide bonds. The van der Waals surface area contributed by atoms with Gasteiger partial charge in [0, 0.05) is 0 Å². The average molecular weight is 223 g/mol. The Kier molecular flexibility index (Phi) is 4.46. The third-order valence-electron chi connectivity index (χ3n) is 2.53. The van der Waals surface area contributed by atoms with E-state index in [1.807, 2.05) is 30.3 Å². The van der Waals surface area contributed by atoms with Crippen molar-refractivity contribution in [1.29, 1.82) is 0 Å². The minimum atomic E-state index is -1.28. The van der Waals surface area contributed by atoms with Crippen molar-refractivity contribution in [3.05, 3.63) is 35.9 Å². The van der Waals surface area contributed by atoms with Crippen molar-refractivity contribution in [2.45, 2.75) is 25.5 Å². The van der Waals surface area contributed by atoms with Crippen molar-refractivity contribution in [2.75, 3.05) is 6.61 Å². The maximum absolute atomic E-state index is 11.6. The standard InChI is InChI=1S/C12H17NO3/c1-2-12(13,9-14)11(15)16-8-10-6-4-3-5-7-10/h3-7,14H,2,8-9,13H2,1H3/t12-/m0/s1. The number of aliphatic hydroxyl groups excluding tert-OH is 1. The summed E-state index contributed by atoms with van der Waals surface area (Å²) in [7, 11) is 0. The zero-order valence-electron chi connectivity index (χ0n) is 9.35. The smallest absolute Gasteiger partial charge is 0.328 e. The lowest BCUT2D eigenvalue weighted by atomic mass is 9.99. The van der Waals surface area contributed by atoms with Crippen molar-refractivity contribution in [3.8, 4) is 0 Å². The van der Waals surface area contributed by atoms with E-state index in [0.717, 1.165) is 5.56 Å². The van der Waals surface area contributed by atoms with E-state index >= 15 is 0 Å². The number of rotatable bonds is 5. The highest BCUT2D eigenvalue weighted by atomic mass is 16.5. The van der Waals surface area contributed by atoms with Crippen LogP contribution in [0.4, 0.5) is 0 Å². The fraction of sp³-hybridized carbons (Fsp3) is 0.417. The van der Waals surface area contributed by atoms with Gasteiger partial charge in [-0.25, -0.2) is 4.79 Å². The van der Waals surface area contributed by atoms with Crippen LogP contribution in [0, 0.1) is 0 Å². The molecule has 16 heavy (non-hydrogen) atoms. The van der Waals surface area contributed by atoms with E-state index in [9.17, 15) is 4.79 Å². The molecule has 0 aromatic heterocycles. The van der Waals surface area contributed by atoms with Crippen LogP contribution in [0.25, 0.3) is 0 Å². The molecule has 0 heterocycles. The van der Waals surface area contributed by atoms with Crippen LogP contribution in [0.2, 0.25) is 0 Å². The molecule has 0 aliphatic carbocycles. The first-order chi connectivity index (χ1) is 7.62. The first-order valence-corrected chi connectivity index (χ1v) is 5.23. The topological polar surface area (TPSA) is 72.5 Å². The van der Waals surface area contributed by atoms with Gasteiger partial charge in [0.15, 0.2) is 0 Å². The number of nitrogens with two attached hydrogens (primary N) is 1. The lowest BCUT2D eigenvalue weighted by molar-refractivity contribution is -0.153. The Morgan fingerprint density at radius 3 is 2.56 bits per heavy atom. The molecule has 1 aromatic carbocycles. The van der Waals surface area contributed by atoms with Gasteiger partial charge in [0.05, 0.1) is 6.61 Å². The SMILES string of the molecule is CC[C@](N)(CO)C(=O)OCc1ccccc1. The zero-order chi connectivity index (χ0) is 12.0. The third-order valence-corrected chi connectivity index (χ3v) is 2.53. The van der Waals surface area contributed by atoms with Crippen LogP contribution in [0.5, 0.6) is 0 Å². The van der Waals surface area contributed by atoms with E-state index in [1.165, 1.54) is 0 Å². The summed E-state index contributed by atoms with van der Waals surface area (Å²) in [6.45, 7) is 1.51. The molecule has 0 spiro atoms. The van der Waals surface area contributed by atoms with Crippen LogP contribution >= 0.6 is 0 Å². The highest BCUT2D eigenvalue weighted by molar-refractivity contribution is 5.80. The number of hydrogen-bond acceptors (Lipinski definition) is 4. The third kappa shape index (κ3) is 3.05. The van der Waals surface area contributed by atoms with Gasteiger partial charge in [-0.05, 0) is 12.0 Å². The van der Waals surface area contributed by atoms with E-state index in [0.29, 0.717) is 6.42 Å². The Labute approximate surface area is 95.0 Å². The molecule has 0 saturated carbocycles. The quantitative estimate of drug-likeness (QED) is 0.725. The number of hydrogen-bond donors (Lipinski definition) is 2. The van der Waals surface area contributed by atoms with Crippen molar-refractivity contribution in [1.82, 2.24) is 0 Å². The van der Waals surface area contributed by atoms with Gasteiger partial charge in [-0.2, -0.15) is 0 Å². The summed E-state index contributed by atoms with van der Waals surface area (Å²) in [4.78, 5) is 11.6. The van der Waals surface area contributed by atoms with Crippen LogP contribution in [0.3, 0.4) is 0 Å². The van der Waals surface area contributed by atoms with Crippen LogP contribution in [-0.4, -0.2) is 23.2 Å². The van der Waals surface area contributed by atoms with E-state index in [2.05, 4.69) is 0 Å². The first-order valence-electron chi connectivity index (χ1n) is 5.23. The first kappa shape index (κ1) is 12.7. The molecule has 0 aliphatic heterocycles. The molecule has 3 N–H and O–H groups in total. The molecule has 0 aliphatic rings. The zero-order valence-corrected chi connectivity index (χ0v) is 9.35. The van der Waals surface area contributed by atoms with Gasteiger partial charge in [0.1, 0.15) is 12.1 Å². The number of carbonyl (C=O) groups excluding carboxylic acids is 1. The van der Waals surface area contributed by atoms with E-state index < -0.39 is 18.1 Å². The molecule has 0 unspecified atom stereocenters. The van der Waals surface area contributed by atoms with Crippen LogP contribution in [0.15, 0.2) is 30.3 Å². The molecular formula is C12H17NO3. The number of benzene rings is 1. The molecule has 1 rings (SSSR count). The number of ether oxygens (including phenoxy) is 1. The summed E-state index contributed by atoms with van der Waals surface area (Å²) in [5.74, 6) is -0.568. The van der Waals surface area contributed by atoms with Gasteiger partial charge in [-0.15, -0.1) is 0 Å². The summed E-state index contributed by atoms with van der Waals surface area (Å²) in [6.07, 6.45) is 0.344. The highest BCUT2D eigenvalue weighted by Gasteiger charge is 2.32. The lowest BCUT2D eigenvalue weighted by Crippen LogP contribution is -2.51. The predicted octanol–water partition coefficient (Wildman–Crippen LogP) is 0.830. The van der Waals surface area contributed by atoms with Crippen molar-refractivity contribution in [3.63, 3.8) is 0 Å². The maximum Gasteiger partial charge on any atom is 0.328 e. The minimum Gasteiger partial charge on any atom is -0.459 e. The van der Waals surface area contributed by atoms with Gasteiger partial charge >= 0.3 is 5.97 Å². The second-order valence-corrected chi connectivity index (χ2v) is 3.73. The Balaban J connectivity index is 2.53. The van der Waals surface area contributed by atoms with E-state index in [-0.39, 0.29) is 6.61 Å². The number of carbonyl (C=O) groups is 1. The molecule has 88 valence electrons. The van der Waals surface area contributed by atoms with E-state index in [1.54, 1.807) is 6.92 Å². The maximum atomic E-state index is 11.6. The van der Waals surface area contributed by atoms with Gasteiger partial charge < -0.3 is 15.6 Å². The Hall–Kier alpha value is -1.39. The highest BCUT2D eigenvalue weighted by Crippen LogP contribution is 2.10. The summed E-state index contributed by atoms with van der Waals surface area (Å²) in [5, 5.41) is 9.03. The Morgan fingerprint density at radius 2 is 2.06 bits per heavy atom. The Morgan fingerprint density at radius 1 is 1.44 bits per heavy atom. The summed E-state index contributed by atoms with van der Waals surface area (Å²) >= 11 is 0. The van der Waals surface area contributed by atoms with Gasteiger partial charge in [0.25, 0.3) is 0 Å². The van der Waals surface area contributed by atoms with Gasteiger partial charge in [0.2, 0.25) is 0 Å². The largest absolute Gasteiger partial charge is 0.459 e. The molecule has 0 radical (unpaired) electrons. The summed E-state index contributed by atoms with van der Waals surface area (Å²) in [5.41, 5.74) is 5.29. The van der Waals surface area contributed by atoms with Crippen molar-refractivity contribution >= 4 is 5.97 Å². The molecule has 0 saturated heterocycles. The van der Waals surface area contributed by atoms with Crippen molar-refractivity contribution < 1.29 is 14.6 Å². The van der Waals surface area contributed by atoms with E-state index in [4.69, 9.17) is 15.6 Å². The minimum absolute atomic E-state index is 0.179. The molecular weight excluding hydrogens is 206 g/mol. The fourth-order valence-corrected chi connectivity index (χ4v) is 1.19. The monoisotopic (exact) mass is 223 g/mol. The number of esters is 1. The van der Waals surface area contributed by atoms with Crippen LogP contribution in [-0.2, 0) is 16.1 Å². The molecule has 4 nitrogen and oxygen atoms in total. The predicted molar refractivity (Wildman–Crippen MR) is 60.5 cm³/mol. The Bertz CT molecular complexity index is 333. The lowest BCUT2D eigenvalue weighted by Gasteiger charge is -2.22. The molecule has 0 bridgehead atoms. The second kappa shape index (κ2) is 5.63. The summed E-state index contributed by atoms with van der Waals surface area (Å²) in [6, 6.07) is 9.33. The van der Waals surface area contributed by atoms with Crippen LogP contribution in [0.1, 0.15) is 18.9 Å². The fourth-order valence-electron chi connectivity index (χ4n) is 1.19. The number of aliphatic hydroxyl groups is 1. The molecule has 1 atom stereocenters. The second-order valence-electron chi connectivity index (χ2n) is 3.73. The van der Waals surface area contributed by atoms with Crippen LogP contribution < -0.4 is 5.73 Å². The average Bonchev–Trinajstić information content (AvgIpc) is 2.36. The van der Waals surface area contributed by atoms with Gasteiger partial charge in [-0.1, -0.05) is 37.3 Å². The summed E-state index contributed by atoms with van der Waals surface area (Å²) < 4.78 is 5.05. The van der Waals surface area contributed by atoms with Crippen molar-refractivity contribution in [2.24, 2.45) is 5.73 Å². The normalized spacial score (nSPS) is 14.2. The molecule has 4 heteroatoms. The van der Waals surface area contributed by atoms with Gasteiger partial charge in [-0.3, -0.25) is 0 Å².